The molecule has 9 nitrogen and oxygen atoms in total. The monoisotopic (exact) mass is 551 g/mol. The molecule has 40 heavy (non-hydrogen) atoms. The Balaban J connectivity index is 1.63. The zero-order valence-corrected chi connectivity index (χ0v) is 23.2. The van der Waals surface area contributed by atoms with Crippen LogP contribution >= 0.6 is 11.8 Å². The van der Waals surface area contributed by atoms with Crippen molar-refractivity contribution in [3.05, 3.63) is 119 Å². The van der Waals surface area contributed by atoms with Crippen molar-refractivity contribution in [2.45, 2.75) is 31.5 Å². The van der Waals surface area contributed by atoms with E-state index < -0.39 is 5.92 Å². The third kappa shape index (κ3) is 5.67. The molecular formula is C30H29N7O2S. The molecule has 4 heterocycles. The Hall–Kier alpha value is -4.70. The van der Waals surface area contributed by atoms with Crippen LogP contribution in [0.4, 0.5) is 11.6 Å². The van der Waals surface area contributed by atoms with Gasteiger partial charge in [-0.1, -0.05) is 54.2 Å². The average Bonchev–Trinajstić information content (AvgIpc) is 3.36. The van der Waals surface area contributed by atoms with Gasteiger partial charge in [-0.15, -0.1) is 0 Å². The van der Waals surface area contributed by atoms with Gasteiger partial charge in [0, 0.05) is 41.5 Å². The van der Waals surface area contributed by atoms with Crippen LogP contribution in [0.3, 0.4) is 0 Å². The summed E-state index contributed by atoms with van der Waals surface area (Å²) >= 11 is 1.51. The van der Waals surface area contributed by atoms with E-state index in [0.717, 1.165) is 16.4 Å². The summed E-state index contributed by atoms with van der Waals surface area (Å²) in [7, 11) is 0. The third-order valence-corrected chi connectivity index (χ3v) is 7.27. The molecule has 2 amide bonds. The maximum atomic E-state index is 13.9. The lowest BCUT2D eigenvalue weighted by molar-refractivity contribution is -0.113. The predicted octanol–water partition coefficient (Wildman–Crippen LogP) is 4.96. The van der Waals surface area contributed by atoms with Crippen molar-refractivity contribution in [2.75, 3.05) is 16.9 Å². The van der Waals surface area contributed by atoms with Gasteiger partial charge in [0.25, 0.3) is 11.8 Å². The number of pyridine rings is 2. The third-order valence-electron chi connectivity index (χ3n) is 6.57. The molecule has 5 rings (SSSR count). The fourth-order valence-electron chi connectivity index (χ4n) is 4.82. The van der Waals surface area contributed by atoms with Crippen molar-refractivity contribution in [2.24, 2.45) is 0 Å². The van der Waals surface area contributed by atoms with E-state index in [-0.39, 0.29) is 11.8 Å². The number of benzene rings is 1. The summed E-state index contributed by atoms with van der Waals surface area (Å²) in [6, 6.07) is 20.6. The first-order valence-corrected chi connectivity index (χ1v) is 14.0. The molecule has 3 N–H and O–H groups in total. The van der Waals surface area contributed by atoms with Crippen molar-refractivity contribution >= 4 is 35.2 Å². The van der Waals surface area contributed by atoms with E-state index in [4.69, 9.17) is 0 Å². The molecule has 0 fully saturated rings. The molecule has 0 bridgehead atoms. The molecule has 0 atom stereocenters. The Morgan fingerprint density at radius 2 is 1.38 bits per heavy atom. The lowest BCUT2D eigenvalue weighted by atomic mass is 9.82. The average molecular weight is 552 g/mol. The number of dihydropyridines is 1. The summed E-state index contributed by atoms with van der Waals surface area (Å²) in [6.07, 6.45) is 6.95. The maximum absolute atomic E-state index is 13.9. The SMILES string of the molecule is CSc1ncc(C2C(C(=O)Nc3ccccn3)=C(C)NC(C)=C2C(=O)Nc2ccccn2)n1Cc1ccccc1. The molecule has 0 radical (unpaired) electrons. The molecule has 0 unspecified atom stereocenters. The lowest BCUT2D eigenvalue weighted by Gasteiger charge is -2.31. The number of rotatable bonds is 8. The second-order valence-corrected chi connectivity index (χ2v) is 9.99. The highest BCUT2D eigenvalue weighted by Crippen LogP contribution is 2.40. The van der Waals surface area contributed by atoms with Gasteiger partial charge in [-0.3, -0.25) is 9.59 Å². The van der Waals surface area contributed by atoms with Gasteiger partial charge in [0.05, 0.1) is 17.8 Å². The standard InChI is InChI=1S/C30H29N7O2S/c1-19-25(28(38)35-23-13-7-9-15-31-23)27(26(20(2)34-19)29(39)36-24-14-8-10-16-32-24)22-17-33-30(40-3)37(22)18-21-11-5-4-6-12-21/h4-17,27,34H,18H2,1-3H3,(H,31,35,38)(H,32,36,39). The first kappa shape index (κ1) is 26.9. The number of allylic oxidation sites excluding steroid dienone is 2. The van der Waals surface area contributed by atoms with Crippen LogP contribution in [0.15, 0.2) is 113 Å². The second kappa shape index (κ2) is 12.0. The molecule has 1 aromatic carbocycles. The maximum Gasteiger partial charge on any atom is 0.255 e. The normalized spacial score (nSPS) is 13.7. The zero-order valence-electron chi connectivity index (χ0n) is 22.4. The molecule has 3 aromatic heterocycles. The summed E-state index contributed by atoms with van der Waals surface area (Å²) in [4.78, 5) is 41.0. The minimum atomic E-state index is -0.717. The lowest BCUT2D eigenvalue weighted by Crippen LogP contribution is -2.36. The molecular weight excluding hydrogens is 522 g/mol. The Morgan fingerprint density at radius 3 is 1.88 bits per heavy atom. The number of hydrogen-bond donors (Lipinski definition) is 3. The Labute approximate surface area is 236 Å². The highest BCUT2D eigenvalue weighted by molar-refractivity contribution is 7.98. The van der Waals surface area contributed by atoms with Gasteiger partial charge in [0.2, 0.25) is 0 Å². The summed E-state index contributed by atoms with van der Waals surface area (Å²) in [5, 5.41) is 9.86. The van der Waals surface area contributed by atoms with Gasteiger partial charge in [-0.05, 0) is 49.9 Å². The van der Waals surface area contributed by atoms with Gasteiger partial charge >= 0.3 is 0 Å². The number of imidazole rings is 1. The van der Waals surface area contributed by atoms with Crippen LogP contribution in [0.25, 0.3) is 0 Å². The highest BCUT2D eigenvalue weighted by atomic mass is 32.2. The number of amides is 2. The van der Waals surface area contributed by atoms with Gasteiger partial charge < -0.3 is 20.5 Å². The van der Waals surface area contributed by atoms with Gasteiger partial charge in [0.1, 0.15) is 11.6 Å². The van der Waals surface area contributed by atoms with E-state index >= 15 is 0 Å². The van der Waals surface area contributed by atoms with Crippen molar-refractivity contribution < 1.29 is 9.59 Å². The van der Waals surface area contributed by atoms with E-state index in [1.807, 2.05) is 50.4 Å². The molecule has 1 aliphatic heterocycles. The molecule has 1 aliphatic rings. The van der Waals surface area contributed by atoms with Crippen LogP contribution < -0.4 is 16.0 Å². The Kier molecular flexibility index (Phi) is 8.07. The van der Waals surface area contributed by atoms with Crippen LogP contribution in [0.1, 0.15) is 31.0 Å². The van der Waals surface area contributed by atoms with Crippen LogP contribution in [0.2, 0.25) is 0 Å². The van der Waals surface area contributed by atoms with Gasteiger partial charge in [0.15, 0.2) is 5.16 Å². The minimum absolute atomic E-state index is 0.359. The second-order valence-electron chi connectivity index (χ2n) is 9.22. The Bertz CT molecular complexity index is 1510. The van der Waals surface area contributed by atoms with Gasteiger partial charge in [-0.25, -0.2) is 15.0 Å². The number of thioether (sulfide) groups is 1. The summed E-state index contributed by atoms with van der Waals surface area (Å²) in [5.41, 5.74) is 3.90. The Morgan fingerprint density at radius 1 is 0.825 bits per heavy atom. The van der Waals surface area contributed by atoms with Crippen molar-refractivity contribution in [3.8, 4) is 0 Å². The molecule has 0 saturated heterocycles. The smallest absolute Gasteiger partial charge is 0.255 e. The van der Waals surface area contributed by atoms with E-state index in [9.17, 15) is 9.59 Å². The molecule has 4 aromatic rings. The number of anilines is 2. The summed E-state index contributed by atoms with van der Waals surface area (Å²) in [5.74, 6) is -0.601. The molecule has 202 valence electrons. The summed E-state index contributed by atoms with van der Waals surface area (Å²) in [6.45, 7) is 4.20. The molecule has 10 heteroatoms. The predicted molar refractivity (Wildman–Crippen MR) is 157 cm³/mol. The van der Waals surface area contributed by atoms with Crippen LogP contribution in [-0.2, 0) is 16.1 Å². The molecule has 0 saturated carbocycles. The van der Waals surface area contributed by atoms with E-state index in [1.54, 1.807) is 55.0 Å². The number of hydrogen-bond acceptors (Lipinski definition) is 7. The van der Waals surface area contributed by atoms with E-state index in [2.05, 4.69) is 35.5 Å². The molecule has 0 spiro atoms. The number of aromatic nitrogens is 4. The van der Waals surface area contributed by atoms with Crippen LogP contribution in [0.5, 0.6) is 0 Å². The fourth-order valence-corrected chi connectivity index (χ4v) is 5.37. The highest BCUT2D eigenvalue weighted by Gasteiger charge is 2.39. The first-order valence-electron chi connectivity index (χ1n) is 12.7. The molecule has 0 aliphatic carbocycles. The minimum Gasteiger partial charge on any atom is -0.362 e. The van der Waals surface area contributed by atoms with E-state index in [0.29, 0.717) is 40.7 Å². The van der Waals surface area contributed by atoms with Crippen LogP contribution in [-0.4, -0.2) is 37.6 Å². The number of nitrogens with zero attached hydrogens (tertiary/aromatic N) is 4. The number of nitrogens with one attached hydrogen (secondary N) is 3. The van der Waals surface area contributed by atoms with E-state index in [1.165, 1.54) is 11.8 Å². The fraction of sp³-hybridized carbons (Fsp3) is 0.167. The number of carbonyl (C=O) groups excluding carboxylic acids is 2. The summed E-state index contributed by atoms with van der Waals surface area (Å²) < 4.78 is 2.07. The quantitative estimate of drug-likeness (QED) is 0.265. The first-order chi connectivity index (χ1) is 19.5. The zero-order chi connectivity index (χ0) is 28.1. The topological polar surface area (TPSA) is 114 Å². The van der Waals surface area contributed by atoms with Crippen molar-refractivity contribution in [1.29, 1.82) is 0 Å². The van der Waals surface area contributed by atoms with Crippen LogP contribution in [0, 0.1) is 0 Å². The largest absolute Gasteiger partial charge is 0.362 e. The van der Waals surface area contributed by atoms with Crippen molar-refractivity contribution in [3.63, 3.8) is 0 Å². The van der Waals surface area contributed by atoms with Gasteiger partial charge in [-0.2, -0.15) is 0 Å². The van der Waals surface area contributed by atoms with Crippen molar-refractivity contribution in [1.82, 2.24) is 24.8 Å². The number of carbonyl (C=O) groups is 2.